The second kappa shape index (κ2) is 6.73. The van der Waals surface area contributed by atoms with E-state index >= 15 is 0 Å². The number of H-pyrrole nitrogens is 1. The van der Waals surface area contributed by atoms with Crippen LogP contribution in [0.4, 0.5) is 5.69 Å². The molecule has 2 rings (SSSR count). The van der Waals surface area contributed by atoms with E-state index in [4.69, 9.17) is 11.6 Å². The maximum Gasteiger partial charge on any atom is 0.301 e. The zero-order valence-electron chi connectivity index (χ0n) is 11.1. The van der Waals surface area contributed by atoms with Crippen LogP contribution in [0.3, 0.4) is 0 Å². The first kappa shape index (κ1) is 15.5. The number of benzene rings is 1. The Hall–Kier alpha value is -1.86. The predicted molar refractivity (Wildman–Crippen MR) is 81.1 cm³/mol. The Bertz CT molecular complexity index is 733. The van der Waals surface area contributed by atoms with E-state index in [0.29, 0.717) is 22.2 Å². The van der Waals surface area contributed by atoms with Crippen LogP contribution >= 0.6 is 23.4 Å². The largest absolute Gasteiger partial charge is 0.301 e. The molecular weight excluding hydrogens is 314 g/mol. The zero-order valence-corrected chi connectivity index (χ0v) is 12.7. The first-order valence-electron chi connectivity index (χ1n) is 6.22. The van der Waals surface area contributed by atoms with E-state index in [0.717, 1.165) is 18.2 Å². The third-order valence-electron chi connectivity index (χ3n) is 2.62. The molecule has 0 radical (unpaired) electrons. The molecule has 0 saturated carbocycles. The number of nitro groups is 1. The minimum atomic E-state index is -0.543. The van der Waals surface area contributed by atoms with Gasteiger partial charge in [-0.2, -0.15) is 0 Å². The Labute approximate surface area is 129 Å². The maximum atomic E-state index is 11.6. The Morgan fingerprint density at radius 1 is 1.48 bits per heavy atom. The lowest BCUT2D eigenvalue weighted by Gasteiger charge is -2.05. The fourth-order valence-corrected chi connectivity index (χ4v) is 3.03. The lowest BCUT2D eigenvalue weighted by molar-refractivity contribution is -0.387. The van der Waals surface area contributed by atoms with Gasteiger partial charge in [0.2, 0.25) is 0 Å². The lowest BCUT2D eigenvalue weighted by Crippen LogP contribution is -2.10. The van der Waals surface area contributed by atoms with Crippen LogP contribution < -0.4 is 5.56 Å². The molecule has 0 spiro atoms. The quantitative estimate of drug-likeness (QED) is 0.516. The summed E-state index contributed by atoms with van der Waals surface area (Å²) in [6.45, 7) is 1.98. The summed E-state index contributed by atoms with van der Waals surface area (Å²) in [7, 11) is 0. The second-order valence-corrected chi connectivity index (χ2v) is 5.68. The number of rotatable bonds is 5. The fraction of sp³-hybridized carbons (Fsp3) is 0.231. The van der Waals surface area contributed by atoms with Crippen molar-refractivity contribution in [2.24, 2.45) is 0 Å². The van der Waals surface area contributed by atoms with Gasteiger partial charge in [-0.25, -0.2) is 4.98 Å². The number of halogens is 1. The first-order valence-corrected chi connectivity index (χ1v) is 7.41. The molecule has 1 heterocycles. The summed E-state index contributed by atoms with van der Waals surface area (Å²) in [5, 5.41) is 11.5. The number of nitrogens with zero attached hydrogens (tertiary/aromatic N) is 2. The number of aromatic nitrogens is 2. The highest BCUT2D eigenvalue weighted by molar-refractivity contribution is 7.99. The van der Waals surface area contributed by atoms with Crippen LogP contribution in [0.15, 0.2) is 39.1 Å². The van der Waals surface area contributed by atoms with Crippen LogP contribution in [0.1, 0.15) is 19.0 Å². The standard InChI is InChI=1S/C13H12ClN3O3S/c1-2-4-8-7-11(18)16-13(15-8)21-10-6-3-5-9(14)12(10)17(19)20/h3,5-7H,2,4H2,1H3,(H,15,16,18). The molecule has 2 aromatic rings. The molecule has 0 bridgehead atoms. The van der Waals surface area contributed by atoms with Gasteiger partial charge in [0.15, 0.2) is 5.16 Å². The van der Waals surface area contributed by atoms with Gasteiger partial charge < -0.3 is 4.98 Å². The Morgan fingerprint density at radius 2 is 2.24 bits per heavy atom. The topological polar surface area (TPSA) is 88.9 Å². The van der Waals surface area contributed by atoms with Crippen molar-refractivity contribution in [3.63, 3.8) is 0 Å². The number of nitrogens with one attached hydrogen (secondary N) is 1. The molecule has 0 atom stereocenters. The Morgan fingerprint density at radius 3 is 2.90 bits per heavy atom. The fourth-order valence-electron chi connectivity index (χ4n) is 1.78. The Balaban J connectivity index is 2.41. The third kappa shape index (κ3) is 3.83. The van der Waals surface area contributed by atoms with Gasteiger partial charge in [-0.3, -0.25) is 14.9 Å². The molecule has 0 aliphatic heterocycles. The van der Waals surface area contributed by atoms with Gasteiger partial charge in [0.1, 0.15) is 5.02 Å². The summed E-state index contributed by atoms with van der Waals surface area (Å²) in [4.78, 5) is 29.3. The third-order valence-corrected chi connectivity index (χ3v) is 3.86. The van der Waals surface area contributed by atoms with Crippen molar-refractivity contribution in [1.29, 1.82) is 0 Å². The normalized spacial score (nSPS) is 10.6. The van der Waals surface area contributed by atoms with Gasteiger partial charge in [0.25, 0.3) is 5.56 Å². The van der Waals surface area contributed by atoms with E-state index in [1.807, 2.05) is 6.92 Å². The maximum absolute atomic E-state index is 11.6. The van der Waals surface area contributed by atoms with Crippen molar-refractivity contribution >= 4 is 29.1 Å². The van der Waals surface area contributed by atoms with Crippen molar-refractivity contribution in [3.05, 3.63) is 55.5 Å². The number of para-hydroxylation sites is 1. The number of aryl methyl sites for hydroxylation is 1. The van der Waals surface area contributed by atoms with Gasteiger partial charge in [-0.1, -0.05) is 31.0 Å². The summed E-state index contributed by atoms with van der Waals surface area (Å²) < 4.78 is 0. The van der Waals surface area contributed by atoms with Crippen LogP contribution in [0.2, 0.25) is 5.02 Å². The van der Waals surface area contributed by atoms with E-state index in [1.165, 1.54) is 12.1 Å². The van der Waals surface area contributed by atoms with Gasteiger partial charge in [0.05, 0.1) is 9.82 Å². The van der Waals surface area contributed by atoms with E-state index in [2.05, 4.69) is 9.97 Å². The average Bonchev–Trinajstić information content (AvgIpc) is 2.37. The van der Waals surface area contributed by atoms with Crippen LogP contribution in [0.5, 0.6) is 0 Å². The van der Waals surface area contributed by atoms with Gasteiger partial charge in [-0.05, 0) is 30.3 Å². The van der Waals surface area contributed by atoms with E-state index < -0.39 is 4.92 Å². The minimum absolute atomic E-state index is 0.0528. The van der Waals surface area contributed by atoms with E-state index in [1.54, 1.807) is 12.1 Å². The summed E-state index contributed by atoms with van der Waals surface area (Å²) in [5.41, 5.74) is 0.196. The first-order chi connectivity index (χ1) is 10.0. The van der Waals surface area contributed by atoms with Crippen LogP contribution in [0, 0.1) is 10.1 Å². The molecule has 1 aromatic carbocycles. The summed E-state index contributed by atoms with van der Waals surface area (Å²) in [6, 6.07) is 6.07. The van der Waals surface area contributed by atoms with Crippen molar-refractivity contribution < 1.29 is 4.92 Å². The molecule has 0 saturated heterocycles. The minimum Gasteiger partial charge on any atom is -0.301 e. The summed E-state index contributed by atoms with van der Waals surface area (Å²) in [5.74, 6) is 0. The summed E-state index contributed by atoms with van der Waals surface area (Å²) >= 11 is 6.87. The number of hydrogen-bond donors (Lipinski definition) is 1. The van der Waals surface area contributed by atoms with Crippen LogP contribution in [-0.4, -0.2) is 14.9 Å². The highest BCUT2D eigenvalue weighted by Crippen LogP contribution is 2.37. The van der Waals surface area contributed by atoms with Crippen molar-refractivity contribution in [2.45, 2.75) is 29.8 Å². The second-order valence-electron chi connectivity index (χ2n) is 4.24. The number of nitro benzene ring substituents is 1. The molecule has 21 heavy (non-hydrogen) atoms. The Kier molecular flexibility index (Phi) is 4.98. The van der Waals surface area contributed by atoms with Gasteiger partial charge in [-0.15, -0.1) is 0 Å². The predicted octanol–water partition coefficient (Wildman–Crippen LogP) is 3.44. The van der Waals surface area contributed by atoms with Crippen LogP contribution in [-0.2, 0) is 6.42 Å². The zero-order chi connectivity index (χ0) is 15.4. The van der Waals surface area contributed by atoms with Crippen LogP contribution in [0.25, 0.3) is 0 Å². The molecule has 0 amide bonds. The van der Waals surface area contributed by atoms with E-state index in [-0.39, 0.29) is 16.3 Å². The molecule has 1 aromatic heterocycles. The molecule has 6 nitrogen and oxygen atoms in total. The molecule has 8 heteroatoms. The molecule has 0 aliphatic rings. The molecule has 0 unspecified atom stereocenters. The summed E-state index contributed by atoms with van der Waals surface area (Å²) in [6.07, 6.45) is 1.53. The highest BCUT2D eigenvalue weighted by Gasteiger charge is 2.20. The van der Waals surface area contributed by atoms with Crippen molar-refractivity contribution in [3.8, 4) is 0 Å². The molecule has 1 N–H and O–H groups in total. The molecule has 0 aliphatic carbocycles. The SMILES string of the molecule is CCCc1cc(=O)[nH]c(Sc2cccc(Cl)c2[N+](=O)[O-])n1. The molecular formula is C13H12ClN3O3S. The highest BCUT2D eigenvalue weighted by atomic mass is 35.5. The monoisotopic (exact) mass is 325 g/mol. The smallest absolute Gasteiger partial charge is 0.301 e. The molecule has 0 fully saturated rings. The number of aromatic amines is 1. The lowest BCUT2D eigenvalue weighted by atomic mass is 10.2. The van der Waals surface area contributed by atoms with Gasteiger partial charge >= 0.3 is 5.69 Å². The van der Waals surface area contributed by atoms with E-state index in [9.17, 15) is 14.9 Å². The van der Waals surface area contributed by atoms with Crippen molar-refractivity contribution in [1.82, 2.24) is 9.97 Å². The van der Waals surface area contributed by atoms with Gasteiger partial charge in [0, 0.05) is 11.8 Å². The average molecular weight is 326 g/mol. The molecule has 110 valence electrons. The number of hydrogen-bond acceptors (Lipinski definition) is 5. The van der Waals surface area contributed by atoms with Crippen molar-refractivity contribution in [2.75, 3.05) is 0 Å².